The summed E-state index contributed by atoms with van der Waals surface area (Å²) in [6.07, 6.45) is 6.98. The van der Waals surface area contributed by atoms with Crippen molar-refractivity contribution in [3.63, 3.8) is 0 Å². The van der Waals surface area contributed by atoms with Gasteiger partial charge >= 0.3 is 0 Å². The summed E-state index contributed by atoms with van der Waals surface area (Å²) < 4.78 is 9.71. The van der Waals surface area contributed by atoms with Crippen LogP contribution in [0.25, 0.3) is 0 Å². The van der Waals surface area contributed by atoms with Crippen molar-refractivity contribution in [3.8, 4) is 0 Å². The van der Waals surface area contributed by atoms with E-state index in [1.807, 2.05) is 11.5 Å². The molecule has 0 aromatic rings. The Morgan fingerprint density at radius 2 is 2.27 bits per heavy atom. The Kier molecular flexibility index (Phi) is 4.98. The normalized spacial score (nSPS) is 20.4. The summed E-state index contributed by atoms with van der Waals surface area (Å²) in [4.78, 5) is 0. The molecule has 2 rings (SSSR count). The van der Waals surface area contributed by atoms with Crippen molar-refractivity contribution in [1.29, 1.82) is 0 Å². The smallest absolute Gasteiger partial charge is 0.137 e. The predicted molar refractivity (Wildman–Crippen MR) is 47.3 cm³/mol. The first kappa shape index (κ1) is 8.68. The second kappa shape index (κ2) is 6.31. The summed E-state index contributed by atoms with van der Waals surface area (Å²) in [6.45, 7) is 1.73. The number of thioether (sulfide) groups is 1. The molecule has 3 heteroatoms. The second-order valence-corrected chi connectivity index (χ2v) is 2.90. The molecule has 0 aromatic carbocycles. The molecule has 2 nitrogen and oxygen atoms in total. The van der Waals surface area contributed by atoms with Crippen molar-refractivity contribution >= 4 is 11.8 Å². The zero-order chi connectivity index (χ0) is 7.78. The fourth-order valence-electron chi connectivity index (χ4n) is 0.685. The maximum absolute atomic E-state index is 4.98. The lowest BCUT2D eigenvalue weighted by molar-refractivity contribution is 0.158. The van der Waals surface area contributed by atoms with Crippen molar-refractivity contribution in [1.82, 2.24) is 0 Å². The Balaban J connectivity index is 0.000000112. The van der Waals surface area contributed by atoms with Crippen molar-refractivity contribution in [3.05, 3.63) is 23.8 Å². The van der Waals surface area contributed by atoms with Gasteiger partial charge in [-0.2, -0.15) is 0 Å². The third kappa shape index (κ3) is 4.93. The first-order valence-electron chi connectivity index (χ1n) is 3.61. The van der Waals surface area contributed by atoms with Crippen LogP contribution in [0.5, 0.6) is 0 Å². The molecule has 0 aliphatic carbocycles. The minimum Gasteiger partial charge on any atom is -0.490 e. The Hall–Kier alpha value is -0.410. The Bertz CT molecular complexity index is 129. The van der Waals surface area contributed by atoms with Gasteiger partial charge in [-0.3, -0.25) is 0 Å². The van der Waals surface area contributed by atoms with E-state index in [4.69, 9.17) is 9.47 Å². The van der Waals surface area contributed by atoms with E-state index in [-0.39, 0.29) is 0 Å². The van der Waals surface area contributed by atoms with Gasteiger partial charge < -0.3 is 9.47 Å². The van der Waals surface area contributed by atoms with Gasteiger partial charge in [0.05, 0.1) is 19.5 Å². The van der Waals surface area contributed by atoms with E-state index < -0.39 is 0 Å². The molecule has 0 amide bonds. The molecule has 0 fully saturated rings. The minimum absolute atomic E-state index is 0.806. The second-order valence-electron chi connectivity index (χ2n) is 2.06. The third-order valence-corrected chi connectivity index (χ3v) is 1.77. The molecule has 0 N–H and O–H groups in total. The van der Waals surface area contributed by atoms with Crippen LogP contribution in [-0.4, -0.2) is 19.2 Å². The molecule has 0 aromatic heterocycles. The minimum atomic E-state index is 0.806. The highest BCUT2D eigenvalue weighted by atomic mass is 32.2. The molecule has 11 heavy (non-hydrogen) atoms. The first-order valence-corrected chi connectivity index (χ1v) is 4.66. The van der Waals surface area contributed by atoms with Gasteiger partial charge in [0.15, 0.2) is 0 Å². The van der Waals surface area contributed by atoms with E-state index in [1.165, 1.54) is 0 Å². The molecule has 0 atom stereocenters. The summed E-state index contributed by atoms with van der Waals surface area (Å²) in [5, 5.41) is 1.93. The van der Waals surface area contributed by atoms with E-state index in [2.05, 4.69) is 6.08 Å². The lowest BCUT2D eigenvalue weighted by atomic mass is 10.3. The average molecular weight is 172 g/mol. The monoisotopic (exact) mass is 172 g/mol. The largest absolute Gasteiger partial charge is 0.490 e. The molecule has 0 bridgehead atoms. The maximum atomic E-state index is 4.98. The standard InChI is InChI=1S/C5H8O.C3H4OS/c1-2-4-6-5-3-1;1-2-5-3-4-1/h1-2H,3-5H2;1-2H,3H2. The van der Waals surface area contributed by atoms with Crippen molar-refractivity contribution in [2.24, 2.45) is 0 Å². The van der Waals surface area contributed by atoms with E-state index in [9.17, 15) is 0 Å². The van der Waals surface area contributed by atoms with E-state index in [1.54, 1.807) is 18.0 Å². The first-order chi connectivity index (χ1) is 5.50. The van der Waals surface area contributed by atoms with Gasteiger partial charge in [-0.1, -0.05) is 23.9 Å². The van der Waals surface area contributed by atoms with Crippen LogP contribution in [0.4, 0.5) is 0 Å². The highest BCUT2D eigenvalue weighted by Gasteiger charge is 1.86. The highest BCUT2D eigenvalue weighted by molar-refractivity contribution is 8.02. The lowest BCUT2D eigenvalue weighted by Gasteiger charge is -2.00. The van der Waals surface area contributed by atoms with Crippen LogP contribution in [0.3, 0.4) is 0 Å². The van der Waals surface area contributed by atoms with E-state index >= 15 is 0 Å². The maximum Gasteiger partial charge on any atom is 0.137 e. The predicted octanol–water partition coefficient (Wildman–Crippen LogP) is 2.14. The molecule has 62 valence electrons. The Labute approximate surface area is 71.3 Å². The zero-order valence-corrected chi connectivity index (χ0v) is 7.18. The summed E-state index contributed by atoms with van der Waals surface area (Å²) in [5.41, 5.74) is 0. The van der Waals surface area contributed by atoms with Crippen LogP contribution >= 0.6 is 11.8 Å². The fourth-order valence-corrected chi connectivity index (χ4v) is 1.08. The van der Waals surface area contributed by atoms with E-state index in [0.717, 1.165) is 25.6 Å². The summed E-state index contributed by atoms with van der Waals surface area (Å²) in [5.74, 6) is 0.806. The van der Waals surface area contributed by atoms with Crippen LogP contribution < -0.4 is 0 Å². The molecule has 2 aliphatic heterocycles. The van der Waals surface area contributed by atoms with Gasteiger partial charge in [0, 0.05) is 5.41 Å². The van der Waals surface area contributed by atoms with Crippen molar-refractivity contribution in [2.45, 2.75) is 6.42 Å². The van der Waals surface area contributed by atoms with Gasteiger partial charge in [-0.05, 0) is 6.42 Å². The molecule has 0 unspecified atom stereocenters. The molecular formula is C8H12O2S. The van der Waals surface area contributed by atoms with Crippen LogP contribution in [-0.2, 0) is 9.47 Å². The van der Waals surface area contributed by atoms with Crippen molar-refractivity contribution < 1.29 is 9.47 Å². The number of hydrogen-bond acceptors (Lipinski definition) is 3. The van der Waals surface area contributed by atoms with Gasteiger partial charge in [-0.15, -0.1) is 0 Å². The van der Waals surface area contributed by atoms with Gasteiger partial charge in [0.25, 0.3) is 0 Å². The van der Waals surface area contributed by atoms with Gasteiger partial charge in [-0.25, -0.2) is 0 Å². The number of hydrogen-bond donors (Lipinski definition) is 0. The van der Waals surface area contributed by atoms with E-state index in [0.29, 0.717) is 0 Å². The van der Waals surface area contributed by atoms with Crippen LogP contribution in [0, 0.1) is 0 Å². The summed E-state index contributed by atoms with van der Waals surface area (Å²) in [7, 11) is 0. The summed E-state index contributed by atoms with van der Waals surface area (Å²) in [6, 6.07) is 0. The quantitative estimate of drug-likeness (QED) is 0.521. The number of rotatable bonds is 0. The third-order valence-electron chi connectivity index (χ3n) is 1.19. The van der Waals surface area contributed by atoms with Crippen LogP contribution in [0.2, 0.25) is 0 Å². The zero-order valence-electron chi connectivity index (χ0n) is 6.36. The molecule has 0 spiro atoms. The lowest BCUT2D eigenvalue weighted by Crippen LogP contribution is -1.96. The molecule has 2 aliphatic rings. The van der Waals surface area contributed by atoms with Gasteiger partial charge in [0.1, 0.15) is 5.94 Å². The van der Waals surface area contributed by atoms with Gasteiger partial charge in [0.2, 0.25) is 0 Å². The number of ether oxygens (including phenoxy) is 2. The highest BCUT2D eigenvalue weighted by Crippen LogP contribution is 2.08. The summed E-state index contributed by atoms with van der Waals surface area (Å²) >= 11 is 1.67. The Morgan fingerprint density at radius 3 is 2.45 bits per heavy atom. The topological polar surface area (TPSA) is 18.5 Å². The molecule has 0 saturated carbocycles. The molecular weight excluding hydrogens is 160 g/mol. The van der Waals surface area contributed by atoms with Crippen LogP contribution in [0.15, 0.2) is 23.8 Å². The molecule has 0 radical (unpaired) electrons. The van der Waals surface area contributed by atoms with Crippen LogP contribution in [0.1, 0.15) is 6.42 Å². The Morgan fingerprint density at radius 1 is 1.27 bits per heavy atom. The fraction of sp³-hybridized carbons (Fsp3) is 0.500. The average Bonchev–Trinajstić information content (AvgIpc) is 2.64. The molecule has 2 heterocycles. The molecule has 0 saturated heterocycles. The SMILES string of the molecule is C1=CCOCC1.C1=CSCO1. The van der Waals surface area contributed by atoms with Crippen molar-refractivity contribution in [2.75, 3.05) is 19.2 Å².